The SMILES string of the molecule is COc1ccccc1Oc1ccc(NC(=O)COc2ccc(F)cc2)cc1. The molecule has 0 spiro atoms. The molecule has 0 aliphatic carbocycles. The van der Waals surface area contributed by atoms with Crippen LogP contribution in [0.25, 0.3) is 0 Å². The molecule has 3 rings (SSSR count). The number of hydrogen-bond donors (Lipinski definition) is 1. The van der Waals surface area contributed by atoms with Gasteiger partial charge < -0.3 is 19.5 Å². The van der Waals surface area contributed by atoms with E-state index in [0.717, 1.165) is 0 Å². The third-order valence-electron chi connectivity index (χ3n) is 3.62. The summed E-state index contributed by atoms with van der Waals surface area (Å²) in [4.78, 5) is 12.0. The van der Waals surface area contributed by atoms with Crippen LogP contribution in [0, 0.1) is 5.82 Å². The summed E-state index contributed by atoms with van der Waals surface area (Å²) in [6.07, 6.45) is 0. The summed E-state index contributed by atoms with van der Waals surface area (Å²) >= 11 is 0. The summed E-state index contributed by atoms with van der Waals surface area (Å²) in [5, 5.41) is 2.72. The van der Waals surface area contributed by atoms with Gasteiger partial charge in [0.15, 0.2) is 18.1 Å². The van der Waals surface area contributed by atoms with Crippen molar-refractivity contribution in [3.63, 3.8) is 0 Å². The van der Waals surface area contributed by atoms with E-state index in [0.29, 0.717) is 28.7 Å². The number of carbonyl (C=O) groups is 1. The molecule has 0 aliphatic rings. The van der Waals surface area contributed by atoms with Gasteiger partial charge in [-0.2, -0.15) is 0 Å². The fourth-order valence-corrected chi connectivity index (χ4v) is 2.31. The maximum absolute atomic E-state index is 12.8. The number of anilines is 1. The molecule has 6 heteroatoms. The summed E-state index contributed by atoms with van der Waals surface area (Å²) in [6, 6.07) is 19.7. The van der Waals surface area contributed by atoms with Crippen LogP contribution in [-0.4, -0.2) is 19.6 Å². The van der Waals surface area contributed by atoms with Crippen LogP contribution >= 0.6 is 0 Å². The van der Waals surface area contributed by atoms with E-state index >= 15 is 0 Å². The zero-order chi connectivity index (χ0) is 19.1. The van der Waals surface area contributed by atoms with E-state index in [4.69, 9.17) is 14.2 Å². The quantitative estimate of drug-likeness (QED) is 0.661. The molecule has 0 fully saturated rings. The average molecular weight is 367 g/mol. The third kappa shape index (κ3) is 5.22. The lowest BCUT2D eigenvalue weighted by Gasteiger charge is -2.11. The van der Waals surface area contributed by atoms with E-state index < -0.39 is 0 Å². The fraction of sp³-hybridized carbons (Fsp3) is 0.0952. The van der Waals surface area contributed by atoms with Crippen molar-refractivity contribution >= 4 is 11.6 Å². The Morgan fingerprint density at radius 2 is 1.52 bits per heavy atom. The van der Waals surface area contributed by atoms with Crippen LogP contribution in [0.1, 0.15) is 0 Å². The van der Waals surface area contributed by atoms with E-state index in [1.165, 1.54) is 24.3 Å². The average Bonchev–Trinajstić information content (AvgIpc) is 2.69. The van der Waals surface area contributed by atoms with Crippen molar-refractivity contribution in [1.29, 1.82) is 0 Å². The monoisotopic (exact) mass is 367 g/mol. The van der Waals surface area contributed by atoms with Crippen molar-refractivity contribution < 1.29 is 23.4 Å². The minimum Gasteiger partial charge on any atom is -0.493 e. The van der Waals surface area contributed by atoms with E-state index in [1.807, 2.05) is 18.2 Å². The number of hydrogen-bond acceptors (Lipinski definition) is 4. The number of carbonyl (C=O) groups excluding carboxylic acids is 1. The van der Waals surface area contributed by atoms with Gasteiger partial charge in [-0.3, -0.25) is 4.79 Å². The first-order valence-electron chi connectivity index (χ1n) is 8.23. The maximum atomic E-state index is 12.8. The Morgan fingerprint density at radius 3 is 2.19 bits per heavy atom. The largest absolute Gasteiger partial charge is 0.493 e. The topological polar surface area (TPSA) is 56.8 Å². The Hall–Kier alpha value is -3.54. The fourth-order valence-electron chi connectivity index (χ4n) is 2.31. The van der Waals surface area contributed by atoms with Crippen LogP contribution in [0.5, 0.6) is 23.0 Å². The molecule has 27 heavy (non-hydrogen) atoms. The molecule has 3 aromatic rings. The number of nitrogens with one attached hydrogen (secondary N) is 1. The molecule has 0 unspecified atom stereocenters. The first-order chi connectivity index (χ1) is 13.1. The molecule has 138 valence electrons. The molecule has 3 aromatic carbocycles. The van der Waals surface area contributed by atoms with Crippen molar-refractivity contribution in [1.82, 2.24) is 0 Å². The van der Waals surface area contributed by atoms with Gasteiger partial charge >= 0.3 is 0 Å². The van der Waals surface area contributed by atoms with Gasteiger partial charge in [-0.1, -0.05) is 12.1 Å². The third-order valence-corrected chi connectivity index (χ3v) is 3.62. The Morgan fingerprint density at radius 1 is 0.889 bits per heavy atom. The van der Waals surface area contributed by atoms with Crippen LogP contribution in [0.2, 0.25) is 0 Å². The van der Waals surface area contributed by atoms with Gasteiger partial charge in [0, 0.05) is 5.69 Å². The smallest absolute Gasteiger partial charge is 0.262 e. The number of ether oxygens (including phenoxy) is 3. The summed E-state index contributed by atoms with van der Waals surface area (Å²) in [6.45, 7) is -0.175. The summed E-state index contributed by atoms with van der Waals surface area (Å²) < 4.78 is 29.2. The Bertz CT molecular complexity index is 895. The van der Waals surface area contributed by atoms with E-state index in [2.05, 4.69) is 5.32 Å². The molecule has 1 N–H and O–H groups in total. The van der Waals surface area contributed by atoms with Gasteiger partial charge in [0.1, 0.15) is 17.3 Å². The van der Waals surface area contributed by atoms with Crippen LogP contribution < -0.4 is 19.5 Å². The van der Waals surface area contributed by atoms with Gasteiger partial charge in [-0.05, 0) is 60.7 Å². The molecule has 0 saturated carbocycles. The van der Waals surface area contributed by atoms with Gasteiger partial charge in [-0.25, -0.2) is 4.39 Å². The second kappa shape index (κ2) is 8.71. The molecule has 0 aliphatic heterocycles. The second-order valence-corrected chi connectivity index (χ2v) is 5.57. The standard InChI is InChI=1S/C21H18FNO4/c1-25-19-4-2-3-5-20(19)27-18-12-8-16(9-13-18)23-21(24)14-26-17-10-6-15(22)7-11-17/h2-13H,14H2,1H3,(H,23,24). The number of para-hydroxylation sites is 2. The highest BCUT2D eigenvalue weighted by Crippen LogP contribution is 2.31. The number of methoxy groups -OCH3 is 1. The second-order valence-electron chi connectivity index (χ2n) is 5.57. The molecule has 0 aromatic heterocycles. The van der Waals surface area contributed by atoms with Crippen molar-refractivity contribution in [2.24, 2.45) is 0 Å². The maximum Gasteiger partial charge on any atom is 0.262 e. The molecule has 1 amide bonds. The summed E-state index contributed by atoms with van der Waals surface area (Å²) in [5.41, 5.74) is 0.607. The first-order valence-corrected chi connectivity index (χ1v) is 8.23. The van der Waals surface area contributed by atoms with Crippen molar-refractivity contribution in [3.05, 3.63) is 78.6 Å². The van der Waals surface area contributed by atoms with Gasteiger partial charge in [0.25, 0.3) is 5.91 Å². The van der Waals surface area contributed by atoms with E-state index in [1.54, 1.807) is 37.4 Å². The zero-order valence-corrected chi connectivity index (χ0v) is 14.6. The first kappa shape index (κ1) is 18.3. The molecular weight excluding hydrogens is 349 g/mol. The number of amides is 1. The Balaban J connectivity index is 1.54. The van der Waals surface area contributed by atoms with Gasteiger partial charge in [0.05, 0.1) is 7.11 Å². The van der Waals surface area contributed by atoms with Crippen LogP contribution in [0.15, 0.2) is 72.8 Å². The molecule has 0 heterocycles. The highest BCUT2D eigenvalue weighted by molar-refractivity contribution is 5.91. The molecule has 0 bridgehead atoms. The normalized spacial score (nSPS) is 10.1. The van der Waals surface area contributed by atoms with E-state index in [9.17, 15) is 9.18 Å². The minimum atomic E-state index is -0.359. The van der Waals surface area contributed by atoms with Crippen LogP contribution in [-0.2, 0) is 4.79 Å². The van der Waals surface area contributed by atoms with Crippen molar-refractivity contribution in [3.8, 4) is 23.0 Å². The molecular formula is C21H18FNO4. The number of rotatable bonds is 7. The predicted octanol–water partition coefficient (Wildman–Crippen LogP) is 4.64. The van der Waals surface area contributed by atoms with Crippen LogP contribution in [0.4, 0.5) is 10.1 Å². The van der Waals surface area contributed by atoms with Crippen molar-refractivity contribution in [2.75, 3.05) is 19.0 Å². The van der Waals surface area contributed by atoms with Crippen LogP contribution in [0.3, 0.4) is 0 Å². The summed E-state index contributed by atoms with van der Waals surface area (Å²) in [7, 11) is 1.58. The highest BCUT2D eigenvalue weighted by Gasteiger charge is 2.06. The highest BCUT2D eigenvalue weighted by atomic mass is 19.1. The lowest BCUT2D eigenvalue weighted by Crippen LogP contribution is -2.20. The lowest BCUT2D eigenvalue weighted by molar-refractivity contribution is -0.118. The molecule has 0 atom stereocenters. The van der Waals surface area contributed by atoms with E-state index in [-0.39, 0.29) is 18.3 Å². The molecule has 0 saturated heterocycles. The number of benzene rings is 3. The van der Waals surface area contributed by atoms with Gasteiger partial charge in [0.2, 0.25) is 0 Å². The predicted molar refractivity (Wildman–Crippen MR) is 100 cm³/mol. The summed E-state index contributed by atoms with van der Waals surface area (Å²) in [5.74, 6) is 1.59. The zero-order valence-electron chi connectivity index (χ0n) is 14.6. The molecule has 0 radical (unpaired) electrons. The Labute approximate surface area is 156 Å². The minimum absolute atomic E-state index is 0.175. The van der Waals surface area contributed by atoms with Crippen molar-refractivity contribution in [2.45, 2.75) is 0 Å². The van der Waals surface area contributed by atoms with Gasteiger partial charge in [-0.15, -0.1) is 0 Å². The Kier molecular flexibility index (Phi) is 5.89. The molecule has 5 nitrogen and oxygen atoms in total. The lowest BCUT2D eigenvalue weighted by atomic mass is 10.3. The number of halogens is 1.